The molecule has 1 fully saturated rings. The van der Waals surface area contributed by atoms with E-state index in [1.165, 1.54) is 12.8 Å². The second-order valence-corrected chi connectivity index (χ2v) is 3.90. The summed E-state index contributed by atoms with van der Waals surface area (Å²) in [6.07, 6.45) is 2.38. The summed E-state index contributed by atoms with van der Waals surface area (Å²) in [6.45, 7) is 5.85. The fraction of sp³-hybridized carbons (Fsp3) is 0.667. The van der Waals surface area contributed by atoms with E-state index in [0.717, 1.165) is 0 Å². The second kappa shape index (κ2) is 3.94. The van der Waals surface area contributed by atoms with Gasteiger partial charge in [-0.1, -0.05) is 25.1 Å². The van der Waals surface area contributed by atoms with Gasteiger partial charge in [0.1, 0.15) is 0 Å². The van der Waals surface area contributed by atoms with Crippen LogP contribution in [0.1, 0.15) is 19.8 Å². The lowest BCUT2D eigenvalue weighted by Crippen LogP contribution is -2.30. The molecule has 0 aliphatic heterocycles. The summed E-state index contributed by atoms with van der Waals surface area (Å²) in [6, 6.07) is 0. The Labute approximate surface area is 78.0 Å². The van der Waals surface area contributed by atoms with Crippen LogP contribution in [0.25, 0.3) is 0 Å². The Kier molecular flexibility index (Phi) is 3.15. The van der Waals surface area contributed by atoms with Crippen LogP contribution >= 0.6 is 11.6 Å². The molecule has 0 spiro atoms. The Morgan fingerprint density at radius 2 is 2.33 bits per heavy atom. The second-order valence-electron chi connectivity index (χ2n) is 3.36. The maximum atomic E-state index is 11.3. The summed E-state index contributed by atoms with van der Waals surface area (Å²) in [5.41, 5.74) is 0. The van der Waals surface area contributed by atoms with Crippen LogP contribution < -0.4 is 5.32 Å². The number of nitrogens with one attached hydrogen (secondary N) is 1. The molecule has 0 aromatic carbocycles. The van der Waals surface area contributed by atoms with Crippen LogP contribution in [0.15, 0.2) is 11.6 Å². The van der Waals surface area contributed by atoms with Gasteiger partial charge in [-0.3, -0.25) is 4.79 Å². The minimum absolute atomic E-state index is 0.0966. The summed E-state index contributed by atoms with van der Waals surface area (Å²) in [7, 11) is 0. The number of amides is 1. The van der Waals surface area contributed by atoms with Gasteiger partial charge in [-0.15, -0.1) is 0 Å². The Morgan fingerprint density at radius 1 is 1.75 bits per heavy atom. The molecule has 0 heterocycles. The fourth-order valence-electron chi connectivity index (χ4n) is 1.15. The van der Waals surface area contributed by atoms with Crippen LogP contribution in [-0.4, -0.2) is 12.5 Å². The highest BCUT2D eigenvalue weighted by Gasteiger charge is 2.32. The van der Waals surface area contributed by atoms with Crippen LogP contribution in [0.3, 0.4) is 0 Å². The summed E-state index contributed by atoms with van der Waals surface area (Å²) in [4.78, 5) is 11.3. The monoisotopic (exact) mass is 187 g/mol. The molecule has 12 heavy (non-hydrogen) atoms. The molecule has 1 aliphatic carbocycles. The van der Waals surface area contributed by atoms with Gasteiger partial charge in [0.25, 0.3) is 0 Å². The van der Waals surface area contributed by atoms with E-state index >= 15 is 0 Å². The molecular weight excluding hydrogens is 174 g/mol. The Hall–Kier alpha value is -0.500. The van der Waals surface area contributed by atoms with Gasteiger partial charge >= 0.3 is 0 Å². The zero-order valence-corrected chi connectivity index (χ0v) is 8.03. The lowest BCUT2D eigenvalue weighted by atomic mass is 10.1. The van der Waals surface area contributed by atoms with Gasteiger partial charge in [-0.25, -0.2) is 0 Å². The predicted octanol–water partition coefficient (Wildman–Crippen LogP) is 1.90. The molecule has 1 unspecified atom stereocenters. The molecule has 0 aromatic rings. The molecule has 0 bridgehead atoms. The Bertz CT molecular complexity index is 199. The van der Waals surface area contributed by atoms with Crippen LogP contribution in [-0.2, 0) is 4.79 Å². The van der Waals surface area contributed by atoms with Crippen molar-refractivity contribution in [3.05, 3.63) is 11.6 Å². The van der Waals surface area contributed by atoms with Crippen LogP contribution in [0.4, 0.5) is 0 Å². The number of rotatable bonds is 4. The van der Waals surface area contributed by atoms with Crippen molar-refractivity contribution < 1.29 is 4.79 Å². The number of hydrogen-bond donors (Lipinski definition) is 1. The third kappa shape index (κ3) is 2.86. The molecular formula is C9H14ClNO. The average molecular weight is 188 g/mol. The van der Waals surface area contributed by atoms with E-state index in [2.05, 4.69) is 11.9 Å². The minimum atomic E-state index is 0.0966. The minimum Gasteiger partial charge on any atom is -0.351 e. The molecule has 68 valence electrons. The molecule has 3 heteroatoms. The number of halogens is 1. The molecule has 1 amide bonds. The van der Waals surface area contributed by atoms with Crippen LogP contribution in [0, 0.1) is 11.8 Å². The number of carbonyl (C=O) groups excluding carboxylic acids is 1. The standard InChI is InChI=1S/C9H14ClNO/c1-6(10)5-11-9(12)7(2)8-3-4-8/h7-8H,1,3-5H2,2H3,(H,11,12). The SMILES string of the molecule is C=C(Cl)CNC(=O)C(C)C1CC1. The molecule has 1 atom stereocenters. The molecule has 1 N–H and O–H groups in total. The third-order valence-electron chi connectivity index (χ3n) is 2.20. The lowest BCUT2D eigenvalue weighted by Gasteiger charge is -2.09. The molecule has 0 saturated heterocycles. The molecule has 0 radical (unpaired) electrons. The van der Waals surface area contributed by atoms with Crippen molar-refractivity contribution in [1.29, 1.82) is 0 Å². The van der Waals surface area contributed by atoms with E-state index in [0.29, 0.717) is 17.5 Å². The third-order valence-corrected chi connectivity index (χ3v) is 2.33. The Balaban J connectivity index is 2.22. The van der Waals surface area contributed by atoms with Gasteiger partial charge in [0.15, 0.2) is 0 Å². The fourth-order valence-corrected chi connectivity index (χ4v) is 1.22. The summed E-state index contributed by atoms with van der Waals surface area (Å²) in [5, 5.41) is 3.21. The van der Waals surface area contributed by atoms with Crippen molar-refractivity contribution in [2.24, 2.45) is 11.8 Å². The van der Waals surface area contributed by atoms with Gasteiger partial charge in [-0.2, -0.15) is 0 Å². The van der Waals surface area contributed by atoms with E-state index in [1.807, 2.05) is 6.92 Å². The van der Waals surface area contributed by atoms with Crippen molar-refractivity contribution >= 4 is 17.5 Å². The highest BCUT2D eigenvalue weighted by Crippen LogP contribution is 2.36. The summed E-state index contributed by atoms with van der Waals surface area (Å²) in [5.74, 6) is 0.842. The first kappa shape index (κ1) is 9.59. The normalized spacial score (nSPS) is 18.5. The molecule has 1 aliphatic rings. The molecule has 2 nitrogen and oxygen atoms in total. The van der Waals surface area contributed by atoms with E-state index in [-0.39, 0.29) is 11.8 Å². The molecule has 1 saturated carbocycles. The van der Waals surface area contributed by atoms with E-state index in [4.69, 9.17) is 11.6 Å². The lowest BCUT2D eigenvalue weighted by molar-refractivity contribution is -0.124. The van der Waals surface area contributed by atoms with Gasteiger partial charge in [0.2, 0.25) is 5.91 Å². The van der Waals surface area contributed by atoms with Crippen LogP contribution in [0.5, 0.6) is 0 Å². The smallest absolute Gasteiger partial charge is 0.223 e. The quantitative estimate of drug-likeness (QED) is 0.716. The highest BCUT2D eigenvalue weighted by molar-refractivity contribution is 6.29. The van der Waals surface area contributed by atoms with Crippen molar-refractivity contribution in [2.45, 2.75) is 19.8 Å². The van der Waals surface area contributed by atoms with Gasteiger partial charge < -0.3 is 5.32 Å². The highest BCUT2D eigenvalue weighted by atomic mass is 35.5. The van der Waals surface area contributed by atoms with Gasteiger partial charge in [-0.05, 0) is 18.8 Å². The number of carbonyl (C=O) groups is 1. The van der Waals surface area contributed by atoms with E-state index in [1.54, 1.807) is 0 Å². The zero-order chi connectivity index (χ0) is 9.14. The molecule has 0 aromatic heterocycles. The maximum absolute atomic E-state index is 11.3. The van der Waals surface area contributed by atoms with Crippen molar-refractivity contribution in [2.75, 3.05) is 6.54 Å². The van der Waals surface area contributed by atoms with Crippen LogP contribution in [0.2, 0.25) is 0 Å². The van der Waals surface area contributed by atoms with Crippen molar-refractivity contribution in [1.82, 2.24) is 5.32 Å². The van der Waals surface area contributed by atoms with Crippen molar-refractivity contribution in [3.8, 4) is 0 Å². The van der Waals surface area contributed by atoms with Crippen molar-refractivity contribution in [3.63, 3.8) is 0 Å². The first-order chi connectivity index (χ1) is 5.61. The summed E-state index contributed by atoms with van der Waals surface area (Å²) >= 11 is 5.51. The maximum Gasteiger partial charge on any atom is 0.223 e. The first-order valence-electron chi connectivity index (χ1n) is 4.22. The average Bonchev–Trinajstić information content (AvgIpc) is 2.80. The summed E-state index contributed by atoms with van der Waals surface area (Å²) < 4.78 is 0. The Morgan fingerprint density at radius 3 is 2.75 bits per heavy atom. The van der Waals surface area contributed by atoms with E-state index < -0.39 is 0 Å². The molecule has 1 rings (SSSR count). The topological polar surface area (TPSA) is 29.1 Å². The first-order valence-corrected chi connectivity index (χ1v) is 4.60. The van der Waals surface area contributed by atoms with E-state index in [9.17, 15) is 4.79 Å². The predicted molar refractivity (Wildman–Crippen MR) is 49.9 cm³/mol. The number of hydrogen-bond acceptors (Lipinski definition) is 1. The van der Waals surface area contributed by atoms with Gasteiger partial charge in [0.05, 0.1) is 6.54 Å². The van der Waals surface area contributed by atoms with Gasteiger partial charge in [0, 0.05) is 11.0 Å². The zero-order valence-electron chi connectivity index (χ0n) is 7.27. The largest absolute Gasteiger partial charge is 0.351 e.